The highest BCUT2D eigenvalue weighted by molar-refractivity contribution is 7.98. The van der Waals surface area contributed by atoms with Crippen molar-refractivity contribution in [3.05, 3.63) is 69.4 Å². The van der Waals surface area contributed by atoms with Gasteiger partial charge in [-0.3, -0.25) is 4.79 Å². The Hall–Kier alpha value is -1.80. The lowest BCUT2D eigenvalue weighted by molar-refractivity contribution is -0.116. The van der Waals surface area contributed by atoms with Crippen molar-refractivity contribution in [2.24, 2.45) is 0 Å². The third-order valence-electron chi connectivity index (χ3n) is 4.69. The quantitative estimate of drug-likeness (QED) is 0.539. The van der Waals surface area contributed by atoms with Crippen molar-refractivity contribution < 1.29 is 13.2 Å². The van der Waals surface area contributed by atoms with Gasteiger partial charge in [-0.1, -0.05) is 23.7 Å². The summed E-state index contributed by atoms with van der Waals surface area (Å²) in [6, 6.07) is 14.1. The van der Waals surface area contributed by atoms with Crippen LogP contribution in [0.15, 0.2) is 68.6 Å². The smallest absolute Gasteiger partial charge is 0.225 e. The van der Waals surface area contributed by atoms with Crippen LogP contribution in [0.25, 0.3) is 0 Å². The van der Waals surface area contributed by atoms with Gasteiger partial charge >= 0.3 is 0 Å². The first-order valence-corrected chi connectivity index (χ1v) is 12.4. The maximum absolute atomic E-state index is 13.1. The Balaban J connectivity index is 1.79. The predicted molar refractivity (Wildman–Crippen MR) is 115 cm³/mol. The van der Waals surface area contributed by atoms with Gasteiger partial charge in [-0.15, -0.1) is 23.1 Å². The van der Waals surface area contributed by atoms with E-state index in [-0.39, 0.29) is 21.6 Å². The molecule has 0 unspecified atom stereocenters. The number of carbonyl (C=O) groups is 1. The average molecular weight is 450 g/mol. The molecule has 4 nitrogen and oxygen atoms in total. The van der Waals surface area contributed by atoms with Gasteiger partial charge in [-0.05, 0) is 48.2 Å². The molecule has 144 valence electrons. The predicted octanol–water partition coefficient (Wildman–Crippen LogP) is 5.43. The number of anilines is 1. The van der Waals surface area contributed by atoms with Crippen molar-refractivity contribution in [2.45, 2.75) is 27.0 Å². The molecule has 1 aliphatic heterocycles. The third kappa shape index (κ3) is 3.48. The first-order chi connectivity index (χ1) is 13.4. The summed E-state index contributed by atoms with van der Waals surface area (Å²) in [4.78, 5) is 14.7. The van der Waals surface area contributed by atoms with E-state index in [2.05, 4.69) is 5.32 Å². The largest absolute Gasteiger partial charge is 0.324 e. The number of sulfone groups is 1. The highest BCUT2D eigenvalue weighted by Crippen LogP contribution is 2.46. The van der Waals surface area contributed by atoms with Crippen molar-refractivity contribution in [2.75, 3.05) is 11.6 Å². The Morgan fingerprint density at radius 3 is 2.43 bits per heavy atom. The lowest BCUT2D eigenvalue weighted by Gasteiger charge is -2.24. The maximum Gasteiger partial charge on any atom is 0.225 e. The van der Waals surface area contributed by atoms with Crippen molar-refractivity contribution in [1.29, 1.82) is 0 Å². The van der Waals surface area contributed by atoms with Crippen LogP contribution in [0, 0.1) is 0 Å². The van der Waals surface area contributed by atoms with Gasteiger partial charge in [0.1, 0.15) is 4.90 Å². The summed E-state index contributed by atoms with van der Waals surface area (Å²) in [5, 5.41) is 4.86. The standard InChI is InChI=1S/C20H16ClNO3S3/c1-26-14-6-2-12(3-7-14)16-10-18(23)22-19-17(11-27-20(16)19)28(24,25)15-8-4-13(21)5-9-15/h2-9,11,16H,10H2,1H3,(H,22,23)/t16-/m1/s1. The molecule has 1 N–H and O–H groups in total. The Labute approximate surface area is 176 Å². The number of hydrogen-bond donors (Lipinski definition) is 1. The molecule has 0 saturated carbocycles. The van der Waals surface area contributed by atoms with E-state index in [0.717, 1.165) is 15.3 Å². The van der Waals surface area contributed by atoms with Gasteiger partial charge in [0.2, 0.25) is 15.7 Å². The third-order valence-corrected chi connectivity index (χ3v) is 8.72. The van der Waals surface area contributed by atoms with E-state index < -0.39 is 9.84 Å². The van der Waals surface area contributed by atoms with Crippen LogP contribution in [0.2, 0.25) is 5.02 Å². The van der Waals surface area contributed by atoms with Gasteiger partial charge in [0.05, 0.1) is 10.6 Å². The number of thiophene rings is 1. The SMILES string of the molecule is CSc1ccc([C@H]2CC(=O)Nc3c(S(=O)(=O)c4ccc(Cl)cc4)csc32)cc1. The fraction of sp³-hybridized carbons (Fsp3) is 0.150. The number of fused-ring (bicyclic) bond motifs is 1. The summed E-state index contributed by atoms with van der Waals surface area (Å²) < 4.78 is 26.2. The van der Waals surface area contributed by atoms with Crippen LogP contribution < -0.4 is 5.32 Å². The molecule has 1 amide bonds. The monoisotopic (exact) mass is 449 g/mol. The minimum Gasteiger partial charge on any atom is -0.324 e. The molecule has 1 atom stereocenters. The van der Waals surface area contributed by atoms with Crippen LogP contribution in [-0.4, -0.2) is 20.6 Å². The molecule has 4 rings (SSSR count). The Morgan fingerprint density at radius 2 is 1.79 bits per heavy atom. The molecule has 1 aromatic heterocycles. The average Bonchev–Trinajstić information content (AvgIpc) is 3.12. The highest BCUT2D eigenvalue weighted by Gasteiger charge is 2.34. The maximum atomic E-state index is 13.1. The highest BCUT2D eigenvalue weighted by atomic mass is 35.5. The van der Waals surface area contributed by atoms with Crippen LogP contribution in [0.1, 0.15) is 22.8 Å². The molecule has 2 aromatic carbocycles. The van der Waals surface area contributed by atoms with Crippen molar-refractivity contribution in [3.8, 4) is 0 Å². The van der Waals surface area contributed by atoms with Crippen molar-refractivity contribution in [3.63, 3.8) is 0 Å². The van der Waals surface area contributed by atoms with E-state index in [1.807, 2.05) is 30.5 Å². The lowest BCUT2D eigenvalue weighted by atomic mass is 9.91. The van der Waals surface area contributed by atoms with Gasteiger partial charge < -0.3 is 5.32 Å². The van der Waals surface area contributed by atoms with Crippen LogP contribution in [0.4, 0.5) is 5.69 Å². The molecule has 0 bridgehead atoms. The minimum absolute atomic E-state index is 0.133. The number of halogens is 1. The second-order valence-corrected chi connectivity index (χ2v) is 10.5. The summed E-state index contributed by atoms with van der Waals surface area (Å²) in [7, 11) is -3.76. The van der Waals surface area contributed by atoms with Gasteiger partial charge in [-0.25, -0.2) is 8.42 Å². The van der Waals surface area contributed by atoms with Gasteiger partial charge in [0, 0.05) is 32.5 Å². The minimum atomic E-state index is -3.76. The molecule has 28 heavy (non-hydrogen) atoms. The summed E-state index contributed by atoms with van der Waals surface area (Å²) in [5.74, 6) is -0.337. The second kappa shape index (κ2) is 7.55. The van der Waals surface area contributed by atoms with Crippen LogP contribution in [-0.2, 0) is 14.6 Å². The zero-order valence-electron chi connectivity index (χ0n) is 14.8. The van der Waals surface area contributed by atoms with E-state index in [9.17, 15) is 13.2 Å². The number of amides is 1. The number of hydrogen-bond acceptors (Lipinski definition) is 5. The second-order valence-electron chi connectivity index (χ2n) is 6.37. The van der Waals surface area contributed by atoms with E-state index in [4.69, 9.17) is 11.6 Å². The van der Waals surface area contributed by atoms with Crippen LogP contribution >= 0.6 is 34.7 Å². The lowest BCUT2D eigenvalue weighted by Crippen LogP contribution is -2.23. The Morgan fingerprint density at radius 1 is 1.11 bits per heavy atom. The van der Waals surface area contributed by atoms with Crippen LogP contribution in [0.3, 0.4) is 0 Å². The molecule has 0 fully saturated rings. The van der Waals surface area contributed by atoms with Gasteiger partial charge in [0.25, 0.3) is 0 Å². The molecular formula is C20H16ClNO3S3. The van der Waals surface area contributed by atoms with E-state index in [0.29, 0.717) is 17.1 Å². The first-order valence-electron chi connectivity index (χ1n) is 8.46. The Kier molecular flexibility index (Phi) is 5.26. The topological polar surface area (TPSA) is 63.2 Å². The fourth-order valence-corrected chi connectivity index (χ4v) is 6.69. The summed E-state index contributed by atoms with van der Waals surface area (Å²) in [5.41, 5.74) is 1.40. The van der Waals surface area contributed by atoms with Crippen molar-refractivity contribution in [1.82, 2.24) is 0 Å². The number of carbonyl (C=O) groups excluding carboxylic acids is 1. The zero-order valence-corrected chi connectivity index (χ0v) is 18.0. The molecule has 0 aliphatic carbocycles. The van der Waals surface area contributed by atoms with E-state index in [1.165, 1.54) is 23.5 Å². The van der Waals surface area contributed by atoms with E-state index >= 15 is 0 Å². The van der Waals surface area contributed by atoms with Crippen LogP contribution in [0.5, 0.6) is 0 Å². The van der Waals surface area contributed by atoms with E-state index in [1.54, 1.807) is 29.3 Å². The Bertz CT molecular complexity index is 1140. The summed E-state index contributed by atoms with van der Waals surface area (Å²) in [6.45, 7) is 0. The molecule has 2 heterocycles. The molecule has 8 heteroatoms. The molecule has 3 aromatic rings. The first kappa shape index (κ1) is 19.5. The van der Waals surface area contributed by atoms with Gasteiger partial charge in [0.15, 0.2) is 0 Å². The number of nitrogens with one attached hydrogen (secondary N) is 1. The number of benzene rings is 2. The summed E-state index contributed by atoms with van der Waals surface area (Å²) in [6.07, 6.45) is 2.31. The molecule has 0 spiro atoms. The fourth-order valence-electron chi connectivity index (χ4n) is 3.25. The molecule has 0 saturated heterocycles. The van der Waals surface area contributed by atoms with Gasteiger partial charge in [-0.2, -0.15) is 0 Å². The molecular weight excluding hydrogens is 434 g/mol. The number of rotatable bonds is 4. The normalized spacial score (nSPS) is 16.5. The molecule has 1 aliphatic rings. The number of thioether (sulfide) groups is 1. The zero-order chi connectivity index (χ0) is 19.9. The van der Waals surface area contributed by atoms with Crippen molar-refractivity contribution >= 4 is 56.1 Å². The molecule has 0 radical (unpaired) electrons. The summed E-state index contributed by atoms with van der Waals surface area (Å²) >= 11 is 8.90.